The molecule has 2 rings (SSSR count). The van der Waals surface area contributed by atoms with Crippen LogP contribution in [0, 0.1) is 0 Å². The van der Waals surface area contributed by atoms with E-state index in [2.05, 4.69) is 0 Å². The summed E-state index contributed by atoms with van der Waals surface area (Å²) in [7, 11) is 0. The molecule has 0 spiro atoms. The molecular formula is C15H14O4. The second kappa shape index (κ2) is 5.44. The number of hydrogen-bond donors (Lipinski definition) is 3. The van der Waals surface area contributed by atoms with Gasteiger partial charge in [-0.25, -0.2) is 0 Å². The van der Waals surface area contributed by atoms with Crippen LogP contribution in [0.15, 0.2) is 42.5 Å². The fraction of sp³-hybridized carbons (Fsp3) is 0.133. The Kier molecular flexibility index (Phi) is 3.71. The van der Waals surface area contributed by atoms with Gasteiger partial charge in [0.15, 0.2) is 17.3 Å². The number of carbonyl (C=O) groups is 1. The summed E-state index contributed by atoms with van der Waals surface area (Å²) < 4.78 is 0. The predicted molar refractivity (Wildman–Crippen MR) is 70.5 cm³/mol. The van der Waals surface area contributed by atoms with Gasteiger partial charge in [-0.3, -0.25) is 4.79 Å². The van der Waals surface area contributed by atoms with Crippen LogP contribution in [0.2, 0.25) is 0 Å². The molecule has 0 atom stereocenters. The van der Waals surface area contributed by atoms with E-state index in [0.29, 0.717) is 6.42 Å². The van der Waals surface area contributed by atoms with Crippen molar-refractivity contribution in [2.45, 2.75) is 12.8 Å². The molecule has 0 aromatic heterocycles. The first kappa shape index (κ1) is 13.0. The van der Waals surface area contributed by atoms with Gasteiger partial charge in [0, 0.05) is 6.42 Å². The number of para-hydroxylation sites is 1. The maximum atomic E-state index is 11.9. The molecule has 4 nitrogen and oxygen atoms in total. The van der Waals surface area contributed by atoms with Gasteiger partial charge in [0.05, 0.1) is 5.56 Å². The highest BCUT2D eigenvalue weighted by molar-refractivity contribution is 5.99. The molecule has 0 saturated carbocycles. The van der Waals surface area contributed by atoms with Crippen molar-refractivity contribution in [2.75, 3.05) is 0 Å². The summed E-state index contributed by atoms with van der Waals surface area (Å²) in [5.41, 5.74) is 0.952. The zero-order valence-corrected chi connectivity index (χ0v) is 10.2. The minimum absolute atomic E-state index is 0.111. The first-order valence-electron chi connectivity index (χ1n) is 5.90. The summed E-state index contributed by atoms with van der Waals surface area (Å²) in [6.45, 7) is 0. The second-order valence-electron chi connectivity index (χ2n) is 4.27. The van der Waals surface area contributed by atoms with Gasteiger partial charge in [-0.2, -0.15) is 0 Å². The number of phenols is 3. The summed E-state index contributed by atoms with van der Waals surface area (Å²) in [6.07, 6.45) is 0.656. The van der Waals surface area contributed by atoms with Gasteiger partial charge < -0.3 is 15.3 Å². The zero-order valence-electron chi connectivity index (χ0n) is 10.2. The van der Waals surface area contributed by atoms with Gasteiger partial charge >= 0.3 is 0 Å². The minimum atomic E-state index is -0.386. The summed E-state index contributed by atoms with van der Waals surface area (Å²) >= 11 is 0. The Morgan fingerprint density at radius 1 is 1.00 bits per heavy atom. The van der Waals surface area contributed by atoms with Crippen molar-refractivity contribution in [1.29, 1.82) is 0 Å². The van der Waals surface area contributed by atoms with Crippen molar-refractivity contribution in [3.05, 3.63) is 53.6 Å². The molecular weight excluding hydrogens is 244 g/mol. The predicted octanol–water partition coefficient (Wildman–Crippen LogP) is 2.62. The highest BCUT2D eigenvalue weighted by atomic mass is 16.3. The number of Topliss-reactive ketones (excluding diaryl/α,β-unsaturated/α-hetero) is 1. The summed E-state index contributed by atoms with van der Waals surface area (Å²) in [6, 6.07) is 11.0. The molecule has 0 unspecified atom stereocenters. The lowest BCUT2D eigenvalue weighted by Crippen LogP contribution is -2.01. The van der Waals surface area contributed by atoms with Crippen LogP contribution in [-0.2, 0) is 6.42 Å². The van der Waals surface area contributed by atoms with Crippen molar-refractivity contribution in [3.63, 3.8) is 0 Å². The second-order valence-corrected chi connectivity index (χ2v) is 4.27. The van der Waals surface area contributed by atoms with Crippen molar-refractivity contribution >= 4 is 5.78 Å². The lowest BCUT2D eigenvalue weighted by molar-refractivity contribution is 0.0979. The molecule has 2 aromatic rings. The maximum absolute atomic E-state index is 11.9. The van der Waals surface area contributed by atoms with E-state index in [4.69, 9.17) is 0 Å². The average Bonchev–Trinajstić information content (AvgIpc) is 2.39. The van der Waals surface area contributed by atoms with E-state index in [1.54, 1.807) is 18.2 Å². The van der Waals surface area contributed by atoms with E-state index < -0.39 is 0 Å². The molecule has 0 aliphatic heterocycles. The lowest BCUT2D eigenvalue weighted by Gasteiger charge is -2.05. The third kappa shape index (κ3) is 3.04. The molecule has 0 fully saturated rings. The van der Waals surface area contributed by atoms with E-state index in [-0.39, 0.29) is 35.0 Å². The summed E-state index contributed by atoms with van der Waals surface area (Å²) in [5.74, 6) is -0.784. The molecule has 0 heterocycles. The molecule has 0 amide bonds. The number of aromatic hydroxyl groups is 3. The van der Waals surface area contributed by atoms with Gasteiger partial charge in [0.25, 0.3) is 0 Å². The van der Waals surface area contributed by atoms with Gasteiger partial charge in [0.2, 0.25) is 0 Å². The van der Waals surface area contributed by atoms with Gasteiger partial charge in [-0.05, 0) is 36.2 Å². The molecule has 3 N–H and O–H groups in total. The minimum Gasteiger partial charge on any atom is -0.508 e. The Balaban J connectivity index is 2.08. The fourth-order valence-electron chi connectivity index (χ4n) is 1.86. The van der Waals surface area contributed by atoms with E-state index in [1.807, 2.05) is 6.07 Å². The molecule has 2 aromatic carbocycles. The fourth-order valence-corrected chi connectivity index (χ4v) is 1.86. The number of phenolic OH excluding ortho intramolecular Hbond substituents is 3. The van der Waals surface area contributed by atoms with E-state index >= 15 is 0 Å². The van der Waals surface area contributed by atoms with E-state index in [9.17, 15) is 20.1 Å². The molecule has 4 heteroatoms. The standard InChI is InChI=1S/C15H14O4/c16-11-4-1-3-10(9-11)7-8-13(17)12-5-2-6-14(18)15(12)19/h1-6,9,16,18-19H,7-8H2. The van der Waals surface area contributed by atoms with Crippen molar-refractivity contribution < 1.29 is 20.1 Å². The molecule has 0 bridgehead atoms. The Morgan fingerprint density at radius 3 is 2.47 bits per heavy atom. The van der Waals surface area contributed by atoms with Crippen LogP contribution in [0.4, 0.5) is 0 Å². The van der Waals surface area contributed by atoms with E-state index in [0.717, 1.165) is 5.56 Å². The highest BCUT2D eigenvalue weighted by Crippen LogP contribution is 2.29. The molecule has 0 radical (unpaired) electrons. The maximum Gasteiger partial charge on any atom is 0.168 e. The smallest absolute Gasteiger partial charge is 0.168 e. The summed E-state index contributed by atoms with van der Waals surface area (Å²) in [5, 5.41) is 28.3. The van der Waals surface area contributed by atoms with E-state index in [1.165, 1.54) is 18.2 Å². The number of ketones is 1. The quantitative estimate of drug-likeness (QED) is 0.582. The Labute approximate surface area is 110 Å². The Morgan fingerprint density at radius 2 is 1.74 bits per heavy atom. The van der Waals surface area contributed by atoms with Crippen LogP contribution >= 0.6 is 0 Å². The van der Waals surface area contributed by atoms with Crippen molar-refractivity contribution in [2.24, 2.45) is 0 Å². The highest BCUT2D eigenvalue weighted by Gasteiger charge is 2.13. The van der Waals surface area contributed by atoms with Gasteiger partial charge in [-0.1, -0.05) is 18.2 Å². The number of carbonyl (C=O) groups excluding carboxylic acids is 1. The van der Waals surface area contributed by atoms with Crippen LogP contribution in [0.1, 0.15) is 22.3 Å². The van der Waals surface area contributed by atoms with Crippen LogP contribution < -0.4 is 0 Å². The van der Waals surface area contributed by atoms with Crippen molar-refractivity contribution in [3.8, 4) is 17.2 Å². The first-order chi connectivity index (χ1) is 9.08. The van der Waals surface area contributed by atoms with Crippen LogP contribution in [-0.4, -0.2) is 21.1 Å². The Hall–Kier alpha value is -2.49. The van der Waals surface area contributed by atoms with Gasteiger partial charge in [0.1, 0.15) is 5.75 Å². The number of hydrogen-bond acceptors (Lipinski definition) is 4. The molecule has 0 aliphatic carbocycles. The third-order valence-electron chi connectivity index (χ3n) is 2.87. The number of benzene rings is 2. The molecule has 98 valence electrons. The lowest BCUT2D eigenvalue weighted by atomic mass is 10.0. The molecule has 0 aliphatic rings. The SMILES string of the molecule is O=C(CCc1cccc(O)c1)c1cccc(O)c1O. The molecule has 19 heavy (non-hydrogen) atoms. The monoisotopic (exact) mass is 258 g/mol. The topological polar surface area (TPSA) is 77.8 Å². The number of aryl methyl sites for hydroxylation is 1. The van der Waals surface area contributed by atoms with Gasteiger partial charge in [-0.15, -0.1) is 0 Å². The van der Waals surface area contributed by atoms with Crippen LogP contribution in [0.25, 0.3) is 0 Å². The zero-order chi connectivity index (χ0) is 13.8. The third-order valence-corrected chi connectivity index (χ3v) is 2.87. The normalized spacial score (nSPS) is 10.3. The van der Waals surface area contributed by atoms with Crippen LogP contribution in [0.3, 0.4) is 0 Å². The van der Waals surface area contributed by atoms with Crippen molar-refractivity contribution in [1.82, 2.24) is 0 Å². The Bertz CT molecular complexity index is 605. The number of rotatable bonds is 4. The first-order valence-corrected chi connectivity index (χ1v) is 5.90. The largest absolute Gasteiger partial charge is 0.508 e. The summed E-state index contributed by atoms with van der Waals surface area (Å²) in [4.78, 5) is 11.9. The molecule has 0 saturated heterocycles. The average molecular weight is 258 g/mol. The van der Waals surface area contributed by atoms with Crippen LogP contribution in [0.5, 0.6) is 17.2 Å².